The van der Waals surface area contributed by atoms with Gasteiger partial charge in [0.05, 0.1) is 0 Å². The topological polar surface area (TPSA) is 42.7 Å². The highest BCUT2D eigenvalue weighted by atomic mass is 15.1. The Labute approximate surface area is 108 Å². The van der Waals surface area contributed by atoms with Gasteiger partial charge in [0, 0.05) is 43.8 Å². The average molecular weight is 244 g/mol. The maximum atomic E-state index is 4.43. The van der Waals surface area contributed by atoms with E-state index in [1.165, 1.54) is 11.1 Å². The lowest BCUT2D eigenvalue weighted by molar-refractivity contribution is 0.551. The van der Waals surface area contributed by atoms with Gasteiger partial charge in [-0.2, -0.15) is 0 Å². The van der Waals surface area contributed by atoms with E-state index in [2.05, 4.69) is 39.8 Å². The van der Waals surface area contributed by atoms with E-state index in [0.29, 0.717) is 0 Å². The van der Waals surface area contributed by atoms with Gasteiger partial charge < -0.3 is 9.88 Å². The van der Waals surface area contributed by atoms with E-state index in [0.717, 1.165) is 18.8 Å². The summed E-state index contributed by atoms with van der Waals surface area (Å²) in [4.78, 5) is 8.68. The number of nitrogens with zero attached hydrogens (tertiary/aromatic N) is 3. The van der Waals surface area contributed by atoms with Gasteiger partial charge in [-0.05, 0) is 32.0 Å². The van der Waals surface area contributed by atoms with Crippen LogP contribution < -0.4 is 5.32 Å². The number of aryl methyl sites for hydroxylation is 2. The molecule has 0 aliphatic carbocycles. The Bertz CT molecular complexity index is 504. The molecule has 1 unspecified atom stereocenters. The predicted molar refractivity (Wildman–Crippen MR) is 72.4 cm³/mol. The van der Waals surface area contributed by atoms with Crippen LogP contribution in [-0.4, -0.2) is 21.6 Å². The summed E-state index contributed by atoms with van der Waals surface area (Å²) >= 11 is 0. The minimum Gasteiger partial charge on any atom is -0.335 e. The van der Waals surface area contributed by atoms with Crippen LogP contribution in [0.3, 0.4) is 0 Å². The molecule has 2 aromatic heterocycles. The molecule has 0 fully saturated rings. The molecule has 2 rings (SSSR count). The Balaban J connectivity index is 2.20. The molecule has 0 aliphatic rings. The molecular weight excluding hydrogens is 224 g/mol. The van der Waals surface area contributed by atoms with Crippen molar-refractivity contribution in [2.75, 3.05) is 7.05 Å². The van der Waals surface area contributed by atoms with Gasteiger partial charge in [-0.3, -0.25) is 4.98 Å². The summed E-state index contributed by atoms with van der Waals surface area (Å²) < 4.78 is 2.17. The summed E-state index contributed by atoms with van der Waals surface area (Å²) in [6.07, 6.45) is 8.57. The van der Waals surface area contributed by atoms with Crippen LogP contribution in [0.15, 0.2) is 30.9 Å². The Morgan fingerprint density at radius 1 is 1.39 bits per heavy atom. The molecule has 1 atom stereocenters. The van der Waals surface area contributed by atoms with Gasteiger partial charge in [0.15, 0.2) is 0 Å². The van der Waals surface area contributed by atoms with Gasteiger partial charge >= 0.3 is 0 Å². The Kier molecular flexibility index (Phi) is 4.10. The van der Waals surface area contributed by atoms with Gasteiger partial charge in [0.25, 0.3) is 0 Å². The molecule has 2 aromatic rings. The van der Waals surface area contributed by atoms with E-state index in [1.54, 1.807) is 0 Å². The highest BCUT2D eigenvalue weighted by Gasteiger charge is 2.13. The fourth-order valence-electron chi connectivity index (χ4n) is 2.16. The molecule has 18 heavy (non-hydrogen) atoms. The van der Waals surface area contributed by atoms with Crippen molar-refractivity contribution in [2.24, 2.45) is 0 Å². The van der Waals surface area contributed by atoms with Crippen LogP contribution in [0, 0.1) is 6.92 Å². The van der Waals surface area contributed by atoms with Crippen LogP contribution in [0.2, 0.25) is 0 Å². The van der Waals surface area contributed by atoms with Crippen LogP contribution in [0.1, 0.15) is 29.9 Å². The first kappa shape index (κ1) is 12.8. The molecule has 0 saturated heterocycles. The van der Waals surface area contributed by atoms with Crippen molar-refractivity contribution in [3.8, 4) is 0 Å². The lowest BCUT2D eigenvalue weighted by Crippen LogP contribution is -2.21. The zero-order valence-corrected chi connectivity index (χ0v) is 11.2. The average Bonchev–Trinajstić information content (AvgIpc) is 2.83. The van der Waals surface area contributed by atoms with E-state index in [4.69, 9.17) is 0 Å². The third kappa shape index (κ3) is 2.76. The van der Waals surface area contributed by atoms with E-state index < -0.39 is 0 Å². The summed E-state index contributed by atoms with van der Waals surface area (Å²) in [7, 11) is 1.98. The molecule has 0 radical (unpaired) electrons. The number of hydrogen-bond acceptors (Lipinski definition) is 3. The van der Waals surface area contributed by atoms with Crippen molar-refractivity contribution < 1.29 is 0 Å². The smallest absolute Gasteiger partial charge is 0.110 e. The van der Waals surface area contributed by atoms with Gasteiger partial charge in [-0.1, -0.05) is 6.07 Å². The van der Waals surface area contributed by atoms with Crippen LogP contribution in [0.4, 0.5) is 0 Å². The Morgan fingerprint density at radius 2 is 2.22 bits per heavy atom. The molecule has 2 heterocycles. The first-order chi connectivity index (χ1) is 8.74. The summed E-state index contributed by atoms with van der Waals surface area (Å²) in [6.45, 7) is 5.15. The minimum atomic E-state index is 0.255. The summed E-state index contributed by atoms with van der Waals surface area (Å²) in [5.74, 6) is 1.11. The normalized spacial score (nSPS) is 12.6. The van der Waals surface area contributed by atoms with E-state index in [9.17, 15) is 0 Å². The molecule has 0 aliphatic heterocycles. The molecular formula is C14H20N4. The highest BCUT2D eigenvalue weighted by molar-refractivity contribution is 5.21. The molecule has 0 bridgehead atoms. The monoisotopic (exact) mass is 244 g/mol. The van der Waals surface area contributed by atoms with Crippen molar-refractivity contribution in [1.82, 2.24) is 19.9 Å². The van der Waals surface area contributed by atoms with Gasteiger partial charge in [0.1, 0.15) is 5.82 Å². The van der Waals surface area contributed by atoms with Crippen LogP contribution in [0.25, 0.3) is 0 Å². The number of aromatic nitrogens is 3. The molecule has 0 saturated carbocycles. The fraction of sp³-hybridized carbons (Fsp3) is 0.429. The number of likely N-dealkylation sites (N-methyl/N-ethyl adjacent to an activating group) is 1. The maximum absolute atomic E-state index is 4.43. The maximum Gasteiger partial charge on any atom is 0.110 e. The lowest BCUT2D eigenvalue weighted by atomic mass is 10.0. The molecule has 4 nitrogen and oxygen atoms in total. The largest absolute Gasteiger partial charge is 0.335 e. The lowest BCUT2D eigenvalue weighted by Gasteiger charge is -2.17. The third-order valence-electron chi connectivity index (χ3n) is 3.18. The van der Waals surface area contributed by atoms with Crippen molar-refractivity contribution in [2.45, 2.75) is 32.9 Å². The standard InChI is InChI=1S/C14H20N4/c1-4-18-6-5-17-14(18)8-13(15-3)12-7-11(2)9-16-10-12/h5-7,9-10,13,15H,4,8H2,1-3H3. The predicted octanol–water partition coefficient (Wildman–Crippen LogP) is 2.11. The zero-order valence-electron chi connectivity index (χ0n) is 11.2. The molecule has 0 amide bonds. The second-order valence-corrected chi connectivity index (χ2v) is 4.47. The molecule has 96 valence electrons. The first-order valence-corrected chi connectivity index (χ1v) is 6.33. The van der Waals surface area contributed by atoms with Gasteiger partial charge in [-0.15, -0.1) is 0 Å². The molecule has 1 N–H and O–H groups in total. The quantitative estimate of drug-likeness (QED) is 0.876. The Morgan fingerprint density at radius 3 is 2.89 bits per heavy atom. The van der Waals surface area contributed by atoms with E-state index >= 15 is 0 Å². The SMILES string of the molecule is CCn1ccnc1CC(NC)c1cncc(C)c1. The van der Waals surface area contributed by atoms with Crippen molar-refractivity contribution in [1.29, 1.82) is 0 Å². The van der Waals surface area contributed by atoms with Crippen molar-refractivity contribution in [3.05, 3.63) is 47.8 Å². The first-order valence-electron chi connectivity index (χ1n) is 6.33. The van der Waals surface area contributed by atoms with Crippen LogP contribution in [0.5, 0.6) is 0 Å². The minimum absolute atomic E-state index is 0.255. The van der Waals surface area contributed by atoms with Gasteiger partial charge in [0.2, 0.25) is 0 Å². The fourth-order valence-corrected chi connectivity index (χ4v) is 2.16. The van der Waals surface area contributed by atoms with E-state index in [1.807, 2.05) is 31.8 Å². The Hall–Kier alpha value is -1.68. The van der Waals surface area contributed by atoms with Crippen molar-refractivity contribution in [3.63, 3.8) is 0 Å². The van der Waals surface area contributed by atoms with Crippen LogP contribution in [-0.2, 0) is 13.0 Å². The number of hydrogen-bond donors (Lipinski definition) is 1. The number of imidazole rings is 1. The van der Waals surface area contributed by atoms with Gasteiger partial charge in [-0.25, -0.2) is 4.98 Å². The summed E-state index contributed by atoms with van der Waals surface area (Å²) in [5.41, 5.74) is 2.40. The van der Waals surface area contributed by atoms with Crippen molar-refractivity contribution >= 4 is 0 Å². The summed E-state index contributed by atoms with van der Waals surface area (Å²) in [6, 6.07) is 2.43. The molecule has 0 aromatic carbocycles. The number of nitrogens with one attached hydrogen (secondary N) is 1. The van der Waals surface area contributed by atoms with E-state index in [-0.39, 0.29) is 6.04 Å². The third-order valence-corrected chi connectivity index (χ3v) is 3.18. The van der Waals surface area contributed by atoms with Crippen LogP contribution >= 0.6 is 0 Å². The highest BCUT2D eigenvalue weighted by Crippen LogP contribution is 2.17. The molecule has 0 spiro atoms. The number of rotatable bonds is 5. The molecule has 4 heteroatoms. The zero-order chi connectivity index (χ0) is 13.0. The second-order valence-electron chi connectivity index (χ2n) is 4.47. The second kappa shape index (κ2) is 5.78. The summed E-state index contributed by atoms with van der Waals surface area (Å²) in [5, 5.41) is 3.34. The number of pyridine rings is 1.